The maximum absolute atomic E-state index is 11.2. The highest BCUT2D eigenvalue weighted by Gasteiger charge is 2.10. The third kappa shape index (κ3) is 3.40. The Balaban J connectivity index is 1.95. The minimum atomic E-state index is -0.209. The van der Waals surface area contributed by atoms with Gasteiger partial charge in [0.05, 0.1) is 6.61 Å². The minimum Gasteiger partial charge on any atom is -0.465 e. The summed E-state index contributed by atoms with van der Waals surface area (Å²) in [5, 5.41) is 3.10. The zero-order chi connectivity index (χ0) is 12.1. The summed E-state index contributed by atoms with van der Waals surface area (Å²) in [6, 6.07) is 6.30. The van der Waals surface area contributed by atoms with Gasteiger partial charge in [-0.2, -0.15) is 0 Å². The Morgan fingerprint density at radius 1 is 1.53 bits per heavy atom. The Morgan fingerprint density at radius 3 is 3.24 bits per heavy atom. The summed E-state index contributed by atoms with van der Waals surface area (Å²) in [5.41, 5.74) is 2.38. The van der Waals surface area contributed by atoms with Crippen molar-refractivity contribution in [3.63, 3.8) is 0 Å². The summed E-state index contributed by atoms with van der Waals surface area (Å²) in [7, 11) is 0. The number of aryl methyl sites for hydroxylation is 1. The molecule has 1 heterocycles. The van der Waals surface area contributed by atoms with Crippen LogP contribution in [0.4, 0.5) is 5.69 Å². The van der Waals surface area contributed by atoms with Crippen molar-refractivity contribution in [1.29, 1.82) is 0 Å². The fraction of sp³-hybridized carbons (Fsp3) is 0.462. The van der Waals surface area contributed by atoms with Gasteiger partial charge < -0.3 is 10.1 Å². The van der Waals surface area contributed by atoms with Crippen LogP contribution in [-0.2, 0) is 16.0 Å². The molecule has 17 heavy (non-hydrogen) atoms. The van der Waals surface area contributed by atoms with E-state index in [9.17, 15) is 4.79 Å². The summed E-state index contributed by atoms with van der Waals surface area (Å²) >= 11 is 1.91. The van der Waals surface area contributed by atoms with Crippen LogP contribution in [0.25, 0.3) is 0 Å². The van der Waals surface area contributed by atoms with Crippen LogP contribution in [0.1, 0.15) is 18.9 Å². The van der Waals surface area contributed by atoms with E-state index in [0.717, 1.165) is 12.1 Å². The molecule has 3 nitrogen and oxygen atoms in total. The summed E-state index contributed by atoms with van der Waals surface area (Å²) in [6.45, 7) is 2.48. The number of hydrogen-bond donors (Lipinski definition) is 1. The molecular formula is C13H17NO2S. The van der Waals surface area contributed by atoms with Crippen molar-refractivity contribution in [1.82, 2.24) is 0 Å². The second-order valence-corrected chi connectivity index (χ2v) is 5.07. The third-order valence-corrected chi connectivity index (χ3v) is 3.85. The topological polar surface area (TPSA) is 38.3 Å². The molecule has 0 saturated heterocycles. The van der Waals surface area contributed by atoms with Gasteiger partial charge in [-0.05, 0) is 49.3 Å². The number of hydrogen-bond acceptors (Lipinski definition) is 4. The van der Waals surface area contributed by atoms with E-state index in [4.69, 9.17) is 4.74 Å². The van der Waals surface area contributed by atoms with E-state index < -0.39 is 0 Å². The van der Waals surface area contributed by atoms with E-state index in [0.29, 0.717) is 6.61 Å². The number of anilines is 1. The standard InChI is InChI=1S/C13H17NO2S/c1-2-16-13(15)9-14-11-5-6-12-10(8-11)4-3-7-17-12/h5-6,8,14H,2-4,7,9H2,1H3. The quantitative estimate of drug-likeness (QED) is 0.835. The molecule has 1 aromatic carbocycles. The highest BCUT2D eigenvalue weighted by molar-refractivity contribution is 7.99. The average molecular weight is 251 g/mol. The molecule has 0 aliphatic carbocycles. The van der Waals surface area contributed by atoms with Crippen LogP contribution in [0.15, 0.2) is 23.1 Å². The predicted molar refractivity (Wildman–Crippen MR) is 70.6 cm³/mol. The van der Waals surface area contributed by atoms with Gasteiger partial charge in [-0.15, -0.1) is 11.8 Å². The summed E-state index contributed by atoms with van der Waals surface area (Å²) in [6.07, 6.45) is 2.37. The Labute approximate surface area is 106 Å². The zero-order valence-electron chi connectivity index (χ0n) is 9.99. The number of carbonyl (C=O) groups is 1. The monoisotopic (exact) mass is 251 g/mol. The largest absolute Gasteiger partial charge is 0.465 e. The molecule has 1 aromatic rings. The van der Waals surface area contributed by atoms with Crippen molar-refractivity contribution in [3.05, 3.63) is 23.8 Å². The number of benzene rings is 1. The number of carbonyl (C=O) groups excluding carboxylic acids is 1. The molecule has 1 N–H and O–H groups in total. The molecule has 0 atom stereocenters. The first-order valence-corrected chi connectivity index (χ1v) is 6.93. The van der Waals surface area contributed by atoms with Crippen LogP contribution in [0.2, 0.25) is 0 Å². The Kier molecular flexibility index (Phi) is 4.31. The molecular weight excluding hydrogens is 234 g/mol. The lowest BCUT2D eigenvalue weighted by atomic mass is 10.1. The van der Waals surface area contributed by atoms with Crippen molar-refractivity contribution in [2.45, 2.75) is 24.7 Å². The minimum absolute atomic E-state index is 0.209. The number of rotatable bonds is 4. The van der Waals surface area contributed by atoms with Crippen LogP contribution < -0.4 is 5.32 Å². The van der Waals surface area contributed by atoms with E-state index in [1.54, 1.807) is 0 Å². The van der Waals surface area contributed by atoms with Crippen molar-refractivity contribution < 1.29 is 9.53 Å². The molecule has 0 spiro atoms. The molecule has 1 aliphatic rings. The highest BCUT2D eigenvalue weighted by atomic mass is 32.2. The van der Waals surface area contributed by atoms with Gasteiger partial charge in [-0.25, -0.2) is 0 Å². The van der Waals surface area contributed by atoms with Gasteiger partial charge in [-0.3, -0.25) is 4.79 Å². The van der Waals surface area contributed by atoms with E-state index in [1.165, 1.54) is 22.6 Å². The molecule has 92 valence electrons. The van der Waals surface area contributed by atoms with Gasteiger partial charge in [0, 0.05) is 10.6 Å². The normalized spacial score (nSPS) is 13.9. The first kappa shape index (κ1) is 12.3. The Morgan fingerprint density at radius 2 is 2.41 bits per heavy atom. The third-order valence-electron chi connectivity index (χ3n) is 2.65. The van der Waals surface area contributed by atoms with Crippen molar-refractivity contribution >= 4 is 23.4 Å². The second-order valence-electron chi connectivity index (χ2n) is 3.93. The van der Waals surface area contributed by atoms with Crippen LogP contribution in [0.3, 0.4) is 0 Å². The number of thioether (sulfide) groups is 1. The second kappa shape index (κ2) is 5.96. The molecule has 0 fully saturated rings. The van der Waals surface area contributed by atoms with E-state index in [-0.39, 0.29) is 12.5 Å². The number of ether oxygens (including phenoxy) is 1. The van der Waals surface area contributed by atoms with Gasteiger partial charge in [0.15, 0.2) is 0 Å². The highest BCUT2D eigenvalue weighted by Crippen LogP contribution is 2.31. The first-order chi connectivity index (χ1) is 8.29. The van der Waals surface area contributed by atoms with Crippen LogP contribution >= 0.6 is 11.8 Å². The van der Waals surface area contributed by atoms with Gasteiger partial charge in [0.2, 0.25) is 0 Å². The smallest absolute Gasteiger partial charge is 0.325 e. The molecule has 0 aromatic heterocycles. The molecule has 0 amide bonds. The lowest BCUT2D eigenvalue weighted by Gasteiger charge is -2.16. The fourth-order valence-corrected chi connectivity index (χ4v) is 2.88. The molecule has 1 aliphatic heterocycles. The average Bonchev–Trinajstić information content (AvgIpc) is 2.36. The lowest BCUT2D eigenvalue weighted by Crippen LogP contribution is -2.16. The molecule has 0 radical (unpaired) electrons. The molecule has 4 heteroatoms. The number of nitrogens with one attached hydrogen (secondary N) is 1. The van der Waals surface area contributed by atoms with Crippen LogP contribution in [0.5, 0.6) is 0 Å². The number of esters is 1. The van der Waals surface area contributed by atoms with E-state index >= 15 is 0 Å². The van der Waals surface area contributed by atoms with Crippen LogP contribution in [0, 0.1) is 0 Å². The molecule has 2 rings (SSSR count). The first-order valence-electron chi connectivity index (χ1n) is 5.95. The van der Waals surface area contributed by atoms with Crippen LogP contribution in [-0.4, -0.2) is 24.9 Å². The Hall–Kier alpha value is -1.16. The Bertz CT molecular complexity index is 406. The molecule has 0 saturated carbocycles. The van der Waals surface area contributed by atoms with Gasteiger partial charge >= 0.3 is 5.97 Å². The van der Waals surface area contributed by atoms with E-state index in [1.807, 2.05) is 24.8 Å². The van der Waals surface area contributed by atoms with Crippen molar-refractivity contribution in [2.24, 2.45) is 0 Å². The maximum atomic E-state index is 11.2. The SMILES string of the molecule is CCOC(=O)CNc1ccc2c(c1)CCCS2. The fourth-order valence-electron chi connectivity index (χ4n) is 1.86. The van der Waals surface area contributed by atoms with Gasteiger partial charge in [-0.1, -0.05) is 0 Å². The van der Waals surface area contributed by atoms with E-state index in [2.05, 4.69) is 17.4 Å². The molecule has 0 bridgehead atoms. The molecule has 0 unspecified atom stereocenters. The summed E-state index contributed by atoms with van der Waals surface area (Å²) in [5.74, 6) is 1.00. The van der Waals surface area contributed by atoms with Crippen molar-refractivity contribution in [3.8, 4) is 0 Å². The lowest BCUT2D eigenvalue weighted by molar-refractivity contribution is -0.140. The zero-order valence-corrected chi connectivity index (χ0v) is 10.8. The predicted octanol–water partition coefficient (Wildman–Crippen LogP) is 2.70. The summed E-state index contributed by atoms with van der Waals surface area (Å²) in [4.78, 5) is 12.6. The summed E-state index contributed by atoms with van der Waals surface area (Å²) < 4.78 is 4.87. The van der Waals surface area contributed by atoms with Gasteiger partial charge in [0.1, 0.15) is 6.54 Å². The van der Waals surface area contributed by atoms with Gasteiger partial charge in [0.25, 0.3) is 0 Å². The van der Waals surface area contributed by atoms with Crippen molar-refractivity contribution in [2.75, 3.05) is 24.2 Å². The maximum Gasteiger partial charge on any atom is 0.325 e. The number of fused-ring (bicyclic) bond motifs is 1.